The first-order valence-corrected chi connectivity index (χ1v) is 3.26. The number of hydrogen-bond donors (Lipinski definition) is 0. The lowest BCUT2D eigenvalue weighted by Gasteiger charge is -1.97. The van der Waals surface area contributed by atoms with Gasteiger partial charge in [0, 0.05) is 19.4 Å². The molecule has 0 N–H and O–H groups in total. The molecule has 0 atom stereocenters. The van der Waals surface area contributed by atoms with Crippen LogP contribution in [0.3, 0.4) is 0 Å². The van der Waals surface area contributed by atoms with Crippen LogP contribution in [0.4, 0.5) is 0 Å². The molecule has 0 saturated heterocycles. The van der Waals surface area contributed by atoms with Gasteiger partial charge in [-0.05, 0) is 0 Å². The van der Waals surface area contributed by atoms with Crippen molar-refractivity contribution in [3.8, 4) is 0 Å². The largest absolute Gasteiger partial charge is 0.463 e. The summed E-state index contributed by atoms with van der Waals surface area (Å²) in [5.41, 5.74) is 0. The SMILES string of the molecule is COC(=O)C(=O)c1nccn1C. The van der Waals surface area contributed by atoms with E-state index in [4.69, 9.17) is 0 Å². The summed E-state index contributed by atoms with van der Waals surface area (Å²) in [4.78, 5) is 25.5. The van der Waals surface area contributed by atoms with Crippen molar-refractivity contribution in [2.75, 3.05) is 7.11 Å². The van der Waals surface area contributed by atoms with E-state index in [0.29, 0.717) is 0 Å². The maximum atomic E-state index is 11.1. The Morgan fingerprint density at radius 1 is 1.58 bits per heavy atom. The molecule has 0 bridgehead atoms. The minimum absolute atomic E-state index is 0.0850. The lowest BCUT2D eigenvalue weighted by atomic mass is 10.4. The van der Waals surface area contributed by atoms with Crippen molar-refractivity contribution >= 4 is 11.8 Å². The molecule has 0 fully saturated rings. The molecule has 0 aromatic carbocycles. The Labute approximate surface area is 69.0 Å². The number of aryl methyl sites for hydroxylation is 1. The third-order valence-corrected chi connectivity index (χ3v) is 1.40. The summed E-state index contributed by atoms with van der Waals surface area (Å²) in [5.74, 6) is -1.55. The molecule has 0 saturated carbocycles. The van der Waals surface area contributed by atoms with Crippen LogP contribution >= 0.6 is 0 Å². The van der Waals surface area contributed by atoms with Crippen LogP contribution in [0, 0.1) is 0 Å². The monoisotopic (exact) mass is 168 g/mol. The molecule has 0 unspecified atom stereocenters. The molecule has 0 aliphatic carbocycles. The fourth-order valence-corrected chi connectivity index (χ4v) is 0.768. The third kappa shape index (κ3) is 1.34. The van der Waals surface area contributed by atoms with Gasteiger partial charge in [-0.3, -0.25) is 4.79 Å². The second-order valence-electron chi connectivity index (χ2n) is 2.18. The van der Waals surface area contributed by atoms with E-state index in [1.165, 1.54) is 10.8 Å². The van der Waals surface area contributed by atoms with E-state index in [-0.39, 0.29) is 5.82 Å². The van der Waals surface area contributed by atoms with Crippen molar-refractivity contribution in [3.05, 3.63) is 18.2 Å². The van der Waals surface area contributed by atoms with Gasteiger partial charge in [-0.25, -0.2) is 9.78 Å². The van der Waals surface area contributed by atoms with Gasteiger partial charge in [-0.15, -0.1) is 0 Å². The van der Waals surface area contributed by atoms with E-state index in [2.05, 4.69) is 9.72 Å². The fourth-order valence-electron chi connectivity index (χ4n) is 0.768. The number of nitrogens with zero attached hydrogens (tertiary/aromatic N) is 2. The zero-order valence-electron chi connectivity index (χ0n) is 6.77. The first kappa shape index (κ1) is 8.45. The van der Waals surface area contributed by atoms with Gasteiger partial charge in [0.1, 0.15) is 0 Å². The van der Waals surface area contributed by atoms with Crippen LogP contribution in [0.25, 0.3) is 0 Å². The van der Waals surface area contributed by atoms with Gasteiger partial charge in [0.25, 0.3) is 0 Å². The zero-order chi connectivity index (χ0) is 9.14. The first-order valence-electron chi connectivity index (χ1n) is 3.26. The van der Waals surface area contributed by atoms with E-state index in [1.807, 2.05) is 0 Å². The van der Waals surface area contributed by atoms with Gasteiger partial charge in [-0.1, -0.05) is 0 Å². The third-order valence-electron chi connectivity index (χ3n) is 1.40. The number of carbonyl (C=O) groups excluding carboxylic acids is 2. The van der Waals surface area contributed by atoms with Crippen molar-refractivity contribution in [2.24, 2.45) is 7.05 Å². The number of hydrogen-bond acceptors (Lipinski definition) is 4. The Balaban J connectivity index is 2.93. The lowest BCUT2D eigenvalue weighted by molar-refractivity contribution is -0.135. The molecule has 0 radical (unpaired) electrons. The molecule has 12 heavy (non-hydrogen) atoms. The number of Topliss-reactive ketones (excluding diaryl/α,β-unsaturated/α-hetero) is 1. The molecule has 1 rings (SSSR count). The molecule has 0 amide bonds. The van der Waals surface area contributed by atoms with Gasteiger partial charge in [-0.2, -0.15) is 0 Å². The average Bonchev–Trinajstić information content (AvgIpc) is 2.48. The molecular weight excluding hydrogens is 160 g/mol. The molecule has 0 aliphatic rings. The van der Waals surface area contributed by atoms with Gasteiger partial charge < -0.3 is 9.30 Å². The zero-order valence-corrected chi connectivity index (χ0v) is 6.77. The lowest BCUT2D eigenvalue weighted by Crippen LogP contribution is -2.19. The van der Waals surface area contributed by atoms with Gasteiger partial charge in [0.2, 0.25) is 0 Å². The Bertz CT molecular complexity index is 316. The van der Waals surface area contributed by atoms with Gasteiger partial charge >= 0.3 is 11.8 Å². The molecular formula is C7H8N2O3. The number of ketones is 1. The summed E-state index contributed by atoms with van der Waals surface area (Å²) >= 11 is 0. The van der Waals surface area contributed by atoms with Crippen molar-refractivity contribution < 1.29 is 14.3 Å². The van der Waals surface area contributed by atoms with Crippen LogP contribution in [0.15, 0.2) is 12.4 Å². The topological polar surface area (TPSA) is 61.2 Å². The standard InChI is InChI=1S/C7H8N2O3/c1-9-4-3-8-6(9)5(10)7(11)12-2/h3-4H,1-2H3. The number of imidazole rings is 1. The highest BCUT2D eigenvalue weighted by Gasteiger charge is 2.20. The first-order chi connectivity index (χ1) is 5.66. The number of esters is 1. The fraction of sp³-hybridized carbons (Fsp3) is 0.286. The number of methoxy groups -OCH3 is 1. The number of aromatic nitrogens is 2. The Kier molecular flexibility index (Phi) is 2.23. The number of carbonyl (C=O) groups is 2. The predicted molar refractivity (Wildman–Crippen MR) is 39.6 cm³/mol. The summed E-state index contributed by atoms with van der Waals surface area (Å²) in [7, 11) is 2.78. The maximum absolute atomic E-state index is 11.1. The summed E-state index contributed by atoms with van der Waals surface area (Å²) in [6.07, 6.45) is 3.02. The van der Waals surface area contributed by atoms with Crippen LogP contribution in [-0.2, 0) is 16.6 Å². The van der Waals surface area contributed by atoms with Gasteiger partial charge in [0.05, 0.1) is 7.11 Å². The van der Waals surface area contributed by atoms with E-state index in [1.54, 1.807) is 13.2 Å². The quantitative estimate of drug-likeness (QED) is 0.348. The van der Waals surface area contributed by atoms with Gasteiger partial charge in [0.15, 0.2) is 5.82 Å². The Morgan fingerprint density at radius 3 is 2.67 bits per heavy atom. The van der Waals surface area contributed by atoms with Crippen molar-refractivity contribution in [1.29, 1.82) is 0 Å². The predicted octanol–water partition coefficient (Wildman–Crippen LogP) is -0.224. The normalized spacial score (nSPS) is 9.50. The Hall–Kier alpha value is -1.65. The molecule has 64 valence electrons. The molecule has 1 heterocycles. The second kappa shape index (κ2) is 3.17. The minimum atomic E-state index is -0.899. The highest BCUT2D eigenvalue weighted by Crippen LogP contribution is 1.96. The number of ether oxygens (including phenoxy) is 1. The maximum Gasteiger partial charge on any atom is 0.382 e. The van der Waals surface area contributed by atoms with Crippen molar-refractivity contribution in [2.45, 2.75) is 0 Å². The summed E-state index contributed by atoms with van der Waals surface area (Å²) in [6.45, 7) is 0. The average molecular weight is 168 g/mol. The molecule has 1 aromatic rings. The van der Waals surface area contributed by atoms with Crippen LogP contribution < -0.4 is 0 Å². The summed E-state index contributed by atoms with van der Waals surface area (Å²) < 4.78 is 5.71. The van der Waals surface area contributed by atoms with E-state index in [9.17, 15) is 9.59 Å². The second-order valence-corrected chi connectivity index (χ2v) is 2.18. The summed E-state index contributed by atoms with van der Waals surface area (Å²) in [6, 6.07) is 0. The van der Waals surface area contributed by atoms with Crippen LogP contribution in [-0.4, -0.2) is 28.4 Å². The smallest absolute Gasteiger partial charge is 0.382 e. The van der Waals surface area contributed by atoms with Crippen molar-refractivity contribution in [1.82, 2.24) is 9.55 Å². The van der Waals surface area contributed by atoms with Crippen LogP contribution in [0.2, 0.25) is 0 Å². The summed E-state index contributed by atoms with van der Waals surface area (Å²) in [5, 5.41) is 0. The molecule has 0 spiro atoms. The molecule has 1 aromatic heterocycles. The molecule has 5 heteroatoms. The molecule has 5 nitrogen and oxygen atoms in total. The van der Waals surface area contributed by atoms with Crippen molar-refractivity contribution in [3.63, 3.8) is 0 Å². The van der Waals surface area contributed by atoms with E-state index in [0.717, 1.165) is 7.11 Å². The van der Waals surface area contributed by atoms with Crippen LogP contribution in [0.5, 0.6) is 0 Å². The van der Waals surface area contributed by atoms with Crippen LogP contribution in [0.1, 0.15) is 10.6 Å². The number of rotatable bonds is 2. The minimum Gasteiger partial charge on any atom is -0.463 e. The molecule has 0 aliphatic heterocycles. The highest BCUT2D eigenvalue weighted by atomic mass is 16.5. The highest BCUT2D eigenvalue weighted by molar-refractivity contribution is 6.39. The Morgan fingerprint density at radius 2 is 2.25 bits per heavy atom. The van der Waals surface area contributed by atoms with E-state index < -0.39 is 11.8 Å². The van der Waals surface area contributed by atoms with E-state index >= 15 is 0 Å².